The SMILES string of the molecule is CNN(C(=O)OC)C1c2ccccc2-c2ccccc21.CNNC(=O)OCC1c2ccccc2-c2ccccc21.Cl. The number of fused-ring (bicyclic) bond motifs is 6. The van der Waals surface area contributed by atoms with Crippen LogP contribution in [-0.2, 0) is 9.47 Å². The van der Waals surface area contributed by atoms with Gasteiger partial charge in [-0.25, -0.2) is 25.4 Å². The van der Waals surface area contributed by atoms with E-state index in [0.29, 0.717) is 6.61 Å². The molecule has 0 atom stereocenters. The van der Waals surface area contributed by atoms with Gasteiger partial charge in [-0.15, -0.1) is 12.4 Å². The summed E-state index contributed by atoms with van der Waals surface area (Å²) in [5.41, 5.74) is 17.3. The number of carbonyl (C=O) groups excluding carboxylic acids is 2. The molecular formula is C32H33ClN4O4. The Kier molecular flexibility index (Phi) is 9.62. The van der Waals surface area contributed by atoms with Gasteiger partial charge in [0, 0.05) is 20.0 Å². The smallest absolute Gasteiger partial charge is 0.424 e. The van der Waals surface area contributed by atoms with E-state index in [9.17, 15) is 9.59 Å². The zero-order chi connectivity index (χ0) is 28.1. The first-order valence-corrected chi connectivity index (χ1v) is 13.1. The van der Waals surface area contributed by atoms with Crippen LogP contribution in [0.3, 0.4) is 0 Å². The largest absolute Gasteiger partial charge is 0.452 e. The van der Waals surface area contributed by atoms with Gasteiger partial charge in [-0.2, -0.15) is 0 Å². The molecule has 3 N–H and O–H groups in total. The van der Waals surface area contributed by atoms with E-state index in [0.717, 1.165) is 22.3 Å². The number of ether oxygens (including phenoxy) is 2. The fraction of sp³-hybridized carbons (Fsp3) is 0.188. The molecule has 8 nitrogen and oxygen atoms in total. The topological polar surface area (TPSA) is 91.9 Å². The van der Waals surface area contributed by atoms with Crippen molar-refractivity contribution in [3.63, 3.8) is 0 Å². The molecule has 0 saturated carbocycles. The highest BCUT2D eigenvalue weighted by molar-refractivity contribution is 5.85. The van der Waals surface area contributed by atoms with Crippen molar-refractivity contribution in [2.75, 3.05) is 27.8 Å². The van der Waals surface area contributed by atoms with Gasteiger partial charge in [0.15, 0.2) is 0 Å². The van der Waals surface area contributed by atoms with E-state index in [4.69, 9.17) is 9.47 Å². The Morgan fingerprint density at radius 2 is 1.12 bits per heavy atom. The van der Waals surface area contributed by atoms with Gasteiger partial charge in [0.05, 0.1) is 7.11 Å². The summed E-state index contributed by atoms with van der Waals surface area (Å²) < 4.78 is 10.1. The zero-order valence-electron chi connectivity index (χ0n) is 23.1. The average Bonchev–Trinajstić information content (AvgIpc) is 3.50. The van der Waals surface area contributed by atoms with Crippen molar-refractivity contribution in [2.45, 2.75) is 12.0 Å². The number of carbonyl (C=O) groups is 2. The van der Waals surface area contributed by atoms with Crippen LogP contribution >= 0.6 is 12.4 Å². The standard InChI is InChI=1S/2C16H16N2O2.ClH/c1-17-18(16(19)20-2)15-13-9-5-3-7-11(13)12-8-4-6-10-14(12)15;1-17-18-16(19)20-10-15-13-8-4-2-6-11(13)12-7-3-5-9-14(12)15;/h3-10,15,17H,1-2H3;2-9,15,17H,10H2,1H3,(H,18,19);1H. The van der Waals surface area contributed by atoms with Gasteiger partial charge < -0.3 is 9.47 Å². The first-order valence-electron chi connectivity index (χ1n) is 13.1. The molecular weight excluding hydrogens is 540 g/mol. The lowest BCUT2D eigenvalue weighted by Crippen LogP contribution is -2.43. The lowest BCUT2D eigenvalue weighted by Gasteiger charge is -2.28. The van der Waals surface area contributed by atoms with Crippen molar-refractivity contribution in [2.24, 2.45) is 0 Å². The first kappa shape index (κ1) is 29.6. The van der Waals surface area contributed by atoms with Crippen LogP contribution in [0.25, 0.3) is 22.3 Å². The molecule has 0 radical (unpaired) electrons. The van der Waals surface area contributed by atoms with Crippen LogP contribution in [0.2, 0.25) is 0 Å². The highest BCUT2D eigenvalue weighted by atomic mass is 35.5. The Morgan fingerprint density at radius 1 is 0.707 bits per heavy atom. The third kappa shape index (κ3) is 5.76. The van der Waals surface area contributed by atoms with Gasteiger partial charge in [-0.05, 0) is 44.5 Å². The molecule has 4 aromatic carbocycles. The molecule has 2 aliphatic carbocycles. The summed E-state index contributed by atoms with van der Waals surface area (Å²) in [5, 5.41) is 1.52. The number of amides is 2. The molecule has 0 spiro atoms. The quantitative estimate of drug-likeness (QED) is 0.253. The number of rotatable bonds is 5. The number of benzene rings is 4. The van der Waals surface area contributed by atoms with E-state index in [-0.39, 0.29) is 24.4 Å². The molecule has 2 aliphatic rings. The molecule has 212 valence electrons. The third-order valence-corrected chi connectivity index (χ3v) is 7.24. The Hall–Kier alpha value is -4.37. The maximum absolute atomic E-state index is 12.0. The van der Waals surface area contributed by atoms with E-state index in [1.165, 1.54) is 34.4 Å². The maximum atomic E-state index is 12.0. The number of hydrazine groups is 2. The molecule has 2 amide bonds. The fourth-order valence-electron chi connectivity index (χ4n) is 5.57. The number of halogens is 1. The van der Waals surface area contributed by atoms with E-state index in [1.54, 1.807) is 14.1 Å². The van der Waals surface area contributed by atoms with Gasteiger partial charge >= 0.3 is 12.2 Å². The molecule has 0 fully saturated rings. The van der Waals surface area contributed by atoms with Gasteiger partial charge in [0.1, 0.15) is 12.6 Å². The maximum Gasteiger partial charge on any atom is 0.424 e. The molecule has 0 saturated heterocycles. The number of hydrogen-bond donors (Lipinski definition) is 3. The van der Waals surface area contributed by atoms with E-state index in [1.807, 2.05) is 60.7 Å². The van der Waals surface area contributed by atoms with Crippen LogP contribution in [0.1, 0.15) is 34.2 Å². The van der Waals surface area contributed by atoms with Crippen molar-refractivity contribution in [3.05, 3.63) is 119 Å². The van der Waals surface area contributed by atoms with Crippen molar-refractivity contribution < 1.29 is 19.1 Å². The fourth-order valence-corrected chi connectivity index (χ4v) is 5.57. The van der Waals surface area contributed by atoms with Crippen LogP contribution in [-0.4, -0.2) is 45.0 Å². The molecule has 0 bridgehead atoms. The van der Waals surface area contributed by atoms with Crippen molar-refractivity contribution >= 4 is 24.6 Å². The second-order valence-corrected chi connectivity index (χ2v) is 9.34. The summed E-state index contributed by atoms with van der Waals surface area (Å²) in [6, 6.07) is 32.6. The molecule has 6 rings (SSSR count). The van der Waals surface area contributed by atoms with Gasteiger partial charge in [-0.1, -0.05) is 97.1 Å². The molecule has 4 aromatic rings. The third-order valence-electron chi connectivity index (χ3n) is 7.24. The lowest BCUT2D eigenvalue weighted by atomic mass is 9.98. The Labute approximate surface area is 246 Å². The van der Waals surface area contributed by atoms with Gasteiger partial charge in [0.2, 0.25) is 0 Å². The minimum absolute atomic E-state index is 0. The summed E-state index contributed by atoms with van der Waals surface area (Å²) in [6.45, 7) is 0.335. The summed E-state index contributed by atoms with van der Waals surface area (Å²) >= 11 is 0. The van der Waals surface area contributed by atoms with E-state index in [2.05, 4.69) is 52.7 Å². The lowest BCUT2D eigenvalue weighted by molar-refractivity contribution is 0.0921. The van der Waals surface area contributed by atoms with Crippen LogP contribution in [0.15, 0.2) is 97.1 Å². The molecule has 0 aliphatic heterocycles. The van der Waals surface area contributed by atoms with Gasteiger partial charge in [-0.3, -0.25) is 5.43 Å². The van der Waals surface area contributed by atoms with E-state index < -0.39 is 12.2 Å². The summed E-state index contributed by atoms with van der Waals surface area (Å²) in [5.74, 6) is 0.102. The van der Waals surface area contributed by atoms with Crippen LogP contribution in [0.4, 0.5) is 9.59 Å². The predicted molar refractivity (Wildman–Crippen MR) is 162 cm³/mol. The number of hydrogen-bond acceptors (Lipinski definition) is 6. The second kappa shape index (κ2) is 13.3. The summed E-state index contributed by atoms with van der Waals surface area (Å²) in [7, 11) is 4.74. The van der Waals surface area contributed by atoms with Crippen LogP contribution in [0, 0.1) is 0 Å². The number of nitrogens with zero attached hydrogens (tertiary/aromatic N) is 1. The number of methoxy groups -OCH3 is 1. The van der Waals surface area contributed by atoms with Crippen LogP contribution in [0.5, 0.6) is 0 Å². The minimum atomic E-state index is -0.464. The molecule has 41 heavy (non-hydrogen) atoms. The molecule has 0 heterocycles. The second-order valence-electron chi connectivity index (χ2n) is 9.34. The first-order chi connectivity index (χ1) is 19.6. The highest BCUT2D eigenvalue weighted by Gasteiger charge is 2.35. The normalized spacial score (nSPS) is 12.4. The number of nitrogens with one attached hydrogen (secondary N) is 3. The molecule has 0 unspecified atom stereocenters. The highest BCUT2D eigenvalue weighted by Crippen LogP contribution is 2.46. The Bertz CT molecular complexity index is 1440. The average molecular weight is 573 g/mol. The van der Waals surface area contributed by atoms with E-state index >= 15 is 0 Å². The summed E-state index contributed by atoms with van der Waals surface area (Å²) in [6.07, 6.45) is -0.863. The van der Waals surface area contributed by atoms with Crippen molar-refractivity contribution in [1.82, 2.24) is 21.3 Å². The Morgan fingerprint density at radius 3 is 1.54 bits per heavy atom. The van der Waals surface area contributed by atoms with Crippen molar-refractivity contribution in [3.8, 4) is 22.3 Å². The molecule has 0 aromatic heterocycles. The monoisotopic (exact) mass is 572 g/mol. The summed E-state index contributed by atoms with van der Waals surface area (Å²) in [4.78, 5) is 23.4. The zero-order valence-corrected chi connectivity index (χ0v) is 23.9. The predicted octanol–water partition coefficient (Wildman–Crippen LogP) is 6.04. The van der Waals surface area contributed by atoms with Crippen LogP contribution < -0.4 is 16.3 Å². The Balaban J connectivity index is 0.000000184. The van der Waals surface area contributed by atoms with Gasteiger partial charge in [0.25, 0.3) is 0 Å². The molecule has 9 heteroatoms. The minimum Gasteiger partial charge on any atom is -0.452 e. The van der Waals surface area contributed by atoms with Crippen molar-refractivity contribution in [1.29, 1.82) is 0 Å².